The third kappa shape index (κ3) is 2.41. The summed E-state index contributed by atoms with van der Waals surface area (Å²) in [5, 5.41) is 3.27. The average molecular weight is 268 g/mol. The van der Waals surface area contributed by atoms with Crippen LogP contribution in [0, 0.1) is 0 Å². The summed E-state index contributed by atoms with van der Waals surface area (Å²) in [7, 11) is 1.95. The fourth-order valence-electron chi connectivity index (χ4n) is 1.80. The van der Waals surface area contributed by atoms with Crippen molar-refractivity contribution in [2.24, 2.45) is 0 Å². The number of nitrogens with one attached hydrogen (secondary N) is 1. The molecule has 1 heterocycles. The summed E-state index contributed by atoms with van der Waals surface area (Å²) in [6.07, 6.45) is 3.17. The lowest BCUT2D eigenvalue weighted by Crippen LogP contribution is -2.18. The fourth-order valence-corrected chi connectivity index (χ4v) is 2.21. The molecule has 2 rings (SSSR count). The van der Waals surface area contributed by atoms with Crippen molar-refractivity contribution in [3.8, 4) is 0 Å². The minimum absolute atomic E-state index is 0.171. The van der Waals surface area contributed by atoms with Crippen LogP contribution < -0.4 is 5.32 Å². The summed E-state index contributed by atoms with van der Waals surface area (Å²) >= 11 is 3.48. The van der Waals surface area contributed by atoms with Gasteiger partial charge in [-0.15, -0.1) is 0 Å². The first-order valence-corrected chi connectivity index (χ1v) is 5.86. The molecular weight excluding hydrogens is 254 g/mol. The Labute approximate surface area is 98.5 Å². The maximum Gasteiger partial charge on any atom is 0.114 e. The molecule has 1 unspecified atom stereocenters. The van der Waals surface area contributed by atoms with Gasteiger partial charge in [-0.2, -0.15) is 0 Å². The zero-order valence-corrected chi connectivity index (χ0v) is 10.3. The van der Waals surface area contributed by atoms with Crippen LogP contribution in [-0.4, -0.2) is 13.7 Å². The molecule has 2 nitrogen and oxygen atoms in total. The largest absolute Gasteiger partial charge is 0.496 e. The normalized spacial score (nSPS) is 17.1. The van der Waals surface area contributed by atoms with E-state index in [0.29, 0.717) is 0 Å². The van der Waals surface area contributed by atoms with Gasteiger partial charge in [0.2, 0.25) is 0 Å². The van der Waals surface area contributed by atoms with E-state index < -0.39 is 0 Å². The molecule has 0 aliphatic carbocycles. The lowest BCUT2D eigenvalue weighted by atomic mass is 10.1. The summed E-state index contributed by atoms with van der Waals surface area (Å²) in [6.45, 7) is 0.807. The summed E-state index contributed by atoms with van der Waals surface area (Å²) in [5.74, 6) is 1.04. The summed E-state index contributed by atoms with van der Waals surface area (Å²) in [5.41, 5.74) is 1.22. The Bertz CT molecular complexity index is 376. The van der Waals surface area contributed by atoms with E-state index >= 15 is 0 Å². The first-order chi connectivity index (χ1) is 7.31. The minimum Gasteiger partial charge on any atom is -0.496 e. The van der Waals surface area contributed by atoms with Gasteiger partial charge in [-0.1, -0.05) is 28.1 Å². The second kappa shape index (κ2) is 4.81. The van der Waals surface area contributed by atoms with E-state index in [1.807, 2.05) is 19.2 Å². The third-order valence-electron chi connectivity index (χ3n) is 2.49. The van der Waals surface area contributed by atoms with Crippen molar-refractivity contribution in [1.82, 2.24) is 5.32 Å². The van der Waals surface area contributed by atoms with Crippen molar-refractivity contribution in [2.45, 2.75) is 12.5 Å². The van der Waals surface area contributed by atoms with Crippen LogP contribution in [0.1, 0.15) is 18.0 Å². The number of likely N-dealkylation sites (N-methyl/N-ethyl adjacent to an activating group) is 1. The van der Waals surface area contributed by atoms with Crippen molar-refractivity contribution < 1.29 is 4.74 Å². The molecule has 1 N–H and O–H groups in total. The molecule has 0 aromatic heterocycles. The van der Waals surface area contributed by atoms with Gasteiger partial charge in [-0.3, -0.25) is 0 Å². The molecule has 1 atom stereocenters. The first-order valence-electron chi connectivity index (χ1n) is 5.07. The topological polar surface area (TPSA) is 21.3 Å². The lowest BCUT2D eigenvalue weighted by molar-refractivity contribution is 0.218. The van der Waals surface area contributed by atoms with Crippen molar-refractivity contribution in [2.75, 3.05) is 13.7 Å². The van der Waals surface area contributed by atoms with Crippen LogP contribution >= 0.6 is 15.9 Å². The second-order valence-corrected chi connectivity index (χ2v) is 4.44. The van der Waals surface area contributed by atoms with E-state index in [1.165, 1.54) is 5.56 Å². The van der Waals surface area contributed by atoms with E-state index in [0.717, 1.165) is 23.3 Å². The quantitative estimate of drug-likeness (QED) is 0.909. The van der Waals surface area contributed by atoms with Crippen LogP contribution in [0.15, 0.2) is 40.6 Å². The molecule has 3 heteroatoms. The standard InChI is InChI=1S/C12H14BrNO/c1-14-12(11-6-3-7-15-11)9-4-2-5-10(13)8-9/h2,4-6,8,12,14H,3,7H2,1H3. The molecule has 0 radical (unpaired) electrons. The number of rotatable bonds is 3. The Hall–Kier alpha value is -0.800. The van der Waals surface area contributed by atoms with Gasteiger partial charge in [0.15, 0.2) is 0 Å². The zero-order chi connectivity index (χ0) is 10.7. The summed E-state index contributed by atoms with van der Waals surface area (Å²) < 4.78 is 6.68. The number of benzene rings is 1. The molecule has 0 saturated carbocycles. The average Bonchev–Trinajstić information content (AvgIpc) is 2.72. The highest BCUT2D eigenvalue weighted by atomic mass is 79.9. The van der Waals surface area contributed by atoms with Gasteiger partial charge >= 0.3 is 0 Å². The van der Waals surface area contributed by atoms with E-state index in [-0.39, 0.29) is 6.04 Å². The Balaban J connectivity index is 2.26. The van der Waals surface area contributed by atoms with Gasteiger partial charge in [0, 0.05) is 10.9 Å². The molecule has 80 valence electrons. The van der Waals surface area contributed by atoms with E-state index in [1.54, 1.807) is 0 Å². The van der Waals surface area contributed by atoms with Crippen LogP contribution in [0.25, 0.3) is 0 Å². The van der Waals surface area contributed by atoms with Gasteiger partial charge in [0.1, 0.15) is 5.76 Å². The van der Waals surface area contributed by atoms with Gasteiger partial charge in [0.05, 0.1) is 12.6 Å². The molecule has 0 spiro atoms. The molecule has 0 fully saturated rings. The highest BCUT2D eigenvalue weighted by Crippen LogP contribution is 2.27. The predicted octanol–water partition coefficient (Wildman–Crippen LogP) is 3.01. The monoisotopic (exact) mass is 267 g/mol. The number of halogens is 1. The summed E-state index contributed by atoms with van der Waals surface area (Å²) in [6, 6.07) is 8.46. The van der Waals surface area contributed by atoms with E-state index in [9.17, 15) is 0 Å². The first kappa shape index (κ1) is 10.7. The number of hydrogen-bond acceptors (Lipinski definition) is 2. The molecule has 0 bridgehead atoms. The molecule has 0 saturated heterocycles. The number of hydrogen-bond donors (Lipinski definition) is 1. The molecule has 15 heavy (non-hydrogen) atoms. The SMILES string of the molecule is CNC(C1=CCCO1)c1cccc(Br)c1. The van der Waals surface area contributed by atoms with Crippen LogP contribution in [-0.2, 0) is 4.74 Å². The Morgan fingerprint density at radius 2 is 2.33 bits per heavy atom. The molecule has 1 aromatic carbocycles. The smallest absolute Gasteiger partial charge is 0.114 e. The lowest BCUT2D eigenvalue weighted by Gasteiger charge is -2.18. The Kier molecular flexibility index (Phi) is 3.44. The predicted molar refractivity (Wildman–Crippen MR) is 64.6 cm³/mol. The second-order valence-electron chi connectivity index (χ2n) is 3.52. The van der Waals surface area contributed by atoms with Crippen LogP contribution in [0.3, 0.4) is 0 Å². The molecule has 1 aliphatic rings. The highest BCUT2D eigenvalue weighted by molar-refractivity contribution is 9.10. The van der Waals surface area contributed by atoms with E-state index in [2.05, 4.69) is 39.5 Å². The number of ether oxygens (including phenoxy) is 1. The molecular formula is C12H14BrNO. The van der Waals surface area contributed by atoms with Crippen molar-refractivity contribution in [1.29, 1.82) is 0 Å². The molecule has 1 aromatic rings. The van der Waals surface area contributed by atoms with Crippen LogP contribution in [0.4, 0.5) is 0 Å². The van der Waals surface area contributed by atoms with Crippen molar-refractivity contribution >= 4 is 15.9 Å². The Morgan fingerprint density at radius 1 is 1.47 bits per heavy atom. The molecule has 0 amide bonds. The Morgan fingerprint density at radius 3 is 2.93 bits per heavy atom. The van der Waals surface area contributed by atoms with Gasteiger partial charge in [0.25, 0.3) is 0 Å². The minimum atomic E-state index is 0.171. The maximum absolute atomic E-state index is 5.58. The van der Waals surface area contributed by atoms with Crippen LogP contribution in [0.2, 0.25) is 0 Å². The highest BCUT2D eigenvalue weighted by Gasteiger charge is 2.18. The van der Waals surface area contributed by atoms with Gasteiger partial charge in [-0.05, 0) is 30.8 Å². The zero-order valence-electron chi connectivity index (χ0n) is 8.66. The van der Waals surface area contributed by atoms with E-state index in [4.69, 9.17) is 4.74 Å². The summed E-state index contributed by atoms with van der Waals surface area (Å²) in [4.78, 5) is 0. The van der Waals surface area contributed by atoms with Gasteiger partial charge in [-0.25, -0.2) is 0 Å². The molecule has 1 aliphatic heterocycles. The third-order valence-corrected chi connectivity index (χ3v) is 2.98. The van der Waals surface area contributed by atoms with Crippen molar-refractivity contribution in [3.05, 3.63) is 46.1 Å². The van der Waals surface area contributed by atoms with Gasteiger partial charge < -0.3 is 10.1 Å². The fraction of sp³-hybridized carbons (Fsp3) is 0.333. The van der Waals surface area contributed by atoms with Crippen LogP contribution in [0.5, 0.6) is 0 Å². The van der Waals surface area contributed by atoms with Crippen molar-refractivity contribution in [3.63, 3.8) is 0 Å². The maximum atomic E-state index is 5.58.